The van der Waals surface area contributed by atoms with Crippen LogP contribution in [0.25, 0.3) is 0 Å². The summed E-state index contributed by atoms with van der Waals surface area (Å²) >= 11 is 0. The van der Waals surface area contributed by atoms with Crippen molar-refractivity contribution >= 4 is 11.8 Å². The highest BCUT2D eigenvalue weighted by molar-refractivity contribution is 5.88. The van der Waals surface area contributed by atoms with Crippen molar-refractivity contribution in [3.05, 3.63) is 60.2 Å². The summed E-state index contributed by atoms with van der Waals surface area (Å²) in [5.74, 6) is 0.588. The highest BCUT2D eigenvalue weighted by atomic mass is 16.5. The van der Waals surface area contributed by atoms with Crippen molar-refractivity contribution in [3.8, 4) is 11.5 Å². The largest absolute Gasteiger partial charge is 0.493 e. The lowest BCUT2D eigenvalue weighted by atomic mass is 10.1. The summed E-state index contributed by atoms with van der Waals surface area (Å²) in [7, 11) is 1.55. The van der Waals surface area contributed by atoms with Gasteiger partial charge >= 0.3 is 0 Å². The van der Waals surface area contributed by atoms with E-state index in [1.54, 1.807) is 31.1 Å². The van der Waals surface area contributed by atoms with Crippen molar-refractivity contribution in [3.63, 3.8) is 0 Å². The molecule has 0 aliphatic carbocycles. The van der Waals surface area contributed by atoms with Gasteiger partial charge in [0.1, 0.15) is 6.04 Å². The normalized spacial score (nSPS) is 12.6. The van der Waals surface area contributed by atoms with Gasteiger partial charge in [-0.3, -0.25) is 9.59 Å². The second kappa shape index (κ2) is 11.1. The minimum atomic E-state index is -0.627. The van der Waals surface area contributed by atoms with Crippen LogP contribution in [0, 0.1) is 0 Å². The highest BCUT2D eigenvalue weighted by Gasteiger charge is 2.27. The number of ether oxygens (including phenoxy) is 2. The summed E-state index contributed by atoms with van der Waals surface area (Å²) in [6.07, 6.45) is 0.821. The Morgan fingerprint density at radius 1 is 1.00 bits per heavy atom. The van der Waals surface area contributed by atoms with Crippen LogP contribution in [-0.4, -0.2) is 42.5 Å². The van der Waals surface area contributed by atoms with Gasteiger partial charge in [-0.05, 0) is 38.0 Å². The summed E-state index contributed by atoms with van der Waals surface area (Å²) in [6.45, 7) is 5.82. The van der Waals surface area contributed by atoms with E-state index in [0.29, 0.717) is 18.0 Å². The summed E-state index contributed by atoms with van der Waals surface area (Å²) in [4.78, 5) is 27.2. The van der Waals surface area contributed by atoms with Gasteiger partial charge < -0.3 is 19.7 Å². The Labute approximate surface area is 172 Å². The molecular formula is C23H30N2O4. The molecule has 0 bridgehead atoms. The van der Waals surface area contributed by atoms with Gasteiger partial charge in [0.2, 0.25) is 5.91 Å². The van der Waals surface area contributed by atoms with Gasteiger partial charge in [-0.15, -0.1) is 0 Å². The SMILES string of the molecule is CCC(C)NC(=O)C(C)N(Cc1ccccc1)C(=O)COc1ccccc1OC. The number of hydrogen-bond acceptors (Lipinski definition) is 4. The molecule has 0 aromatic heterocycles. The molecule has 0 radical (unpaired) electrons. The molecule has 6 heteroatoms. The first-order valence-corrected chi connectivity index (χ1v) is 9.85. The summed E-state index contributed by atoms with van der Waals surface area (Å²) < 4.78 is 11.0. The molecule has 0 spiro atoms. The van der Waals surface area contributed by atoms with Crippen LogP contribution in [0.15, 0.2) is 54.6 Å². The second-order valence-corrected chi connectivity index (χ2v) is 6.94. The Hall–Kier alpha value is -3.02. The van der Waals surface area contributed by atoms with E-state index in [9.17, 15) is 9.59 Å². The molecule has 2 aromatic carbocycles. The number of carbonyl (C=O) groups is 2. The molecule has 2 atom stereocenters. The van der Waals surface area contributed by atoms with Crippen LogP contribution in [0.1, 0.15) is 32.8 Å². The van der Waals surface area contributed by atoms with Crippen LogP contribution in [0.4, 0.5) is 0 Å². The molecule has 2 aromatic rings. The lowest BCUT2D eigenvalue weighted by molar-refractivity contribution is -0.142. The van der Waals surface area contributed by atoms with Crippen molar-refractivity contribution in [2.75, 3.05) is 13.7 Å². The Morgan fingerprint density at radius 3 is 2.24 bits per heavy atom. The van der Waals surface area contributed by atoms with Gasteiger partial charge in [-0.1, -0.05) is 49.4 Å². The minimum Gasteiger partial charge on any atom is -0.493 e. The standard InChI is InChI=1S/C23H30N2O4/c1-5-17(2)24-23(27)18(3)25(15-19-11-7-6-8-12-19)22(26)16-29-21-14-10-9-13-20(21)28-4/h6-14,17-18H,5,15-16H2,1-4H3,(H,24,27). The molecule has 1 N–H and O–H groups in total. The van der Waals surface area contributed by atoms with E-state index in [-0.39, 0.29) is 24.5 Å². The first-order valence-electron chi connectivity index (χ1n) is 9.85. The maximum absolute atomic E-state index is 13.0. The molecule has 0 saturated heterocycles. The molecular weight excluding hydrogens is 368 g/mol. The molecule has 29 heavy (non-hydrogen) atoms. The quantitative estimate of drug-likeness (QED) is 0.666. The average Bonchev–Trinajstić information content (AvgIpc) is 2.76. The smallest absolute Gasteiger partial charge is 0.261 e. The van der Waals surface area contributed by atoms with E-state index in [2.05, 4.69) is 5.32 Å². The Balaban J connectivity index is 2.14. The summed E-state index contributed by atoms with van der Waals surface area (Å²) in [6, 6.07) is 16.2. The van der Waals surface area contributed by atoms with E-state index in [4.69, 9.17) is 9.47 Å². The third kappa shape index (κ3) is 6.52. The van der Waals surface area contributed by atoms with Crippen molar-refractivity contribution in [2.45, 2.75) is 45.8 Å². The molecule has 0 heterocycles. The zero-order valence-electron chi connectivity index (χ0n) is 17.6. The molecule has 0 aliphatic rings. The van der Waals surface area contributed by atoms with Crippen LogP contribution >= 0.6 is 0 Å². The van der Waals surface area contributed by atoms with Crippen LogP contribution in [0.2, 0.25) is 0 Å². The molecule has 0 aliphatic heterocycles. The number of nitrogens with zero attached hydrogens (tertiary/aromatic N) is 1. The molecule has 0 saturated carbocycles. The number of amides is 2. The van der Waals surface area contributed by atoms with Gasteiger partial charge in [0.25, 0.3) is 5.91 Å². The number of para-hydroxylation sites is 2. The third-order valence-electron chi connectivity index (χ3n) is 4.78. The van der Waals surface area contributed by atoms with Gasteiger partial charge in [-0.25, -0.2) is 0 Å². The predicted octanol–water partition coefficient (Wildman–Crippen LogP) is 3.41. The predicted molar refractivity (Wildman–Crippen MR) is 113 cm³/mol. The molecule has 0 fully saturated rings. The monoisotopic (exact) mass is 398 g/mol. The van der Waals surface area contributed by atoms with Crippen molar-refractivity contribution in [2.24, 2.45) is 0 Å². The third-order valence-corrected chi connectivity index (χ3v) is 4.78. The average molecular weight is 399 g/mol. The molecule has 2 rings (SSSR count). The van der Waals surface area contributed by atoms with E-state index in [1.165, 1.54) is 0 Å². The summed E-state index contributed by atoms with van der Waals surface area (Å²) in [5.41, 5.74) is 0.946. The Bertz CT molecular complexity index is 794. The number of nitrogens with one attached hydrogen (secondary N) is 1. The fraction of sp³-hybridized carbons (Fsp3) is 0.391. The Kier molecular flexibility index (Phi) is 8.52. The number of carbonyl (C=O) groups excluding carboxylic acids is 2. The van der Waals surface area contributed by atoms with Gasteiger partial charge in [0, 0.05) is 12.6 Å². The first-order chi connectivity index (χ1) is 14.0. The molecule has 2 unspecified atom stereocenters. The van der Waals surface area contributed by atoms with E-state index in [1.807, 2.05) is 56.3 Å². The maximum atomic E-state index is 13.0. The zero-order valence-corrected chi connectivity index (χ0v) is 17.6. The lowest BCUT2D eigenvalue weighted by Gasteiger charge is -2.29. The number of benzene rings is 2. The Morgan fingerprint density at radius 2 is 1.62 bits per heavy atom. The summed E-state index contributed by atoms with van der Waals surface area (Å²) in [5, 5.41) is 2.95. The number of methoxy groups -OCH3 is 1. The number of hydrogen-bond donors (Lipinski definition) is 1. The van der Waals surface area contributed by atoms with Crippen LogP contribution in [0.3, 0.4) is 0 Å². The van der Waals surface area contributed by atoms with E-state index >= 15 is 0 Å². The first kappa shape index (κ1) is 22.3. The fourth-order valence-electron chi connectivity index (χ4n) is 2.79. The van der Waals surface area contributed by atoms with Crippen molar-refractivity contribution in [1.29, 1.82) is 0 Å². The molecule has 6 nitrogen and oxygen atoms in total. The second-order valence-electron chi connectivity index (χ2n) is 6.94. The van der Waals surface area contributed by atoms with Crippen molar-refractivity contribution < 1.29 is 19.1 Å². The molecule has 2 amide bonds. The minimum absolute atomic E-state index is 0.0449. The zero-order chi connectivity index (χ0) is 21.2. The maximum Gasteiger partial charge on any atom is 0.261 e. The molecule has 156 valence electrons. The van der Waals surface area contributed by atoms with Crippen molar-refractivity contribution in [1.82, 2.24) is 10.2 Å². The van der Waals surface area contributed by atoms with Crippen LogP contribution in [0.5, 0.6) is 11.5 Å². The fourth-order valence-corrected chi connectivity index (χ4v) is 2.79. The lowest BCUT2D eigenvalue weighted by Crippen LogP contribution is -2.50. The van der Waals surface area contributed by atoms with Crippen LogP contribution in [-0.2, 0) is 16.1 Å². The van der Waals surface area contributed by atoms with Gasteiger partial charge in [-0.2, -0.15) is 0 Å². The van der Waals surface area contributed by atoms with Crippen LogP contribution < -0.4 is 14.8 Å². The topological polar surface area (TPSA) is 67.9 Å². The highest BCUT2D eigenvalue weighted by Crippen LogP contribution is 2.25. The van der Waals surface area contributed by atoms with E-state index in [0.717, 1.165) is 12.0 Å². The van der Waals surface area contributed by atoms with Gasteiger partial charge in [0.15, 0.2) is 18.1 Å². The van der Waals surface area contributed by atoms with Gasteiger partial charge in [0.05, 0.1) is 7.11 Å². The van der Waals surface area contributed by atoms with E-state index < -0.39 is 6.04 Å². The number of rotatable bonds is 10.